The van der Waals surface area contributed by atoms with Crippen LogP contribution in [-0.4, -0.2) is 22.5 Å². The second-order valence-corrected chi connectivity index (χ2v) is 6.53. The largest absolute Gasteiger partial charge is 0.493 e. The normalized spacial score (nSPS) is 11.7. The number of para-hydroxylation sites is 1. The molecule has 6 nitrogen and oxygen atoms in total. The number of amides is 1. The Bertz CT molecular complexity index is 1050. The van der Waals surface area contributed by atoms with Gasteiger partial charge in [0.05, 0.1) is 23.9 Å². The molecule has 1 atom stereocenters. The molecule has 1 heterocycles. The summed E-state index contributed by atoms with van der Waals surface area (Å²) < 4.78 is 18.9. The number of nitrogens with one attached hydrogen (secondary N) is 2. The Morgan fingerprint density at radius 2 is 1.93 bits per heavy atom. The smallest absolute Gasteiger partial charge is 0.255 e. The van der Waals surface area contributed by atoms with E-state index in [2.05, 4.69) is 15.3 Å². The van der Waals surface area contributed by atoms with E-state index in [1.165, 1.54) is 18.2 Å². The number of ether oxygens (including phenoxy) is 1. The third-order valence-electron chi connectivity index (χ3n) is 4.34. The van der Waals surface area contributed by atoms with Crippen LogP contribution >= 0.6 is 0 Å². The molecule has 3 aromatic rings. The molecule has 0 aliphatic carbocycles. The van der Waals surface area contributed by atoms with Gasteiger partial charge in [-0.3, -0.25) is 9.59 Å². The first-order chi connectivity index (χ1) is 14.0. The maximum Gasteiger partial charge on any atom is 0.255 e. The maximum atomic E-state index is 13.4. The monoisotopic (exact) mass is 395 g/mol. The summed E-state index contributed by atoms with van der Waals surface area (Å²) in [5.41, 5.74) is 1.36. The van der Waals surface area contributed by atoms with Crippen molar-refractivity contribution in [2.24, 2.45) is 0 Å². The number of aromatic nitrogens is 2. The first-order valence-electron chi connectivity index (χ1n) is 9.31. The van der Waals surface area contributed by atoms with Crippen LogP contribution < -0.4 is 15.6 Å². The van der Waals surface area contributed by atoms with Gasteiger partial charge >= 0.3 is 0 Å². The van der Waals surface area contributed by atoms with Crippen molar-refractivity contribution in [2.75, 3.05) is 6.61 Å². The molecular weight excluding hydrogens is 373 g/mol. The fraction of sp³-hybridized carbons (Fsp3) is 0.227. The SMILES string of the molecule is CCOc1ccccc1C(=O)N[C@@H](Cc1cc(=O)[nH]c(C)n1)c1ccc(F)cc1. The molecule has 2 N–H and O–H groups in total. The van der Waals surface area contributed by atoms with Crippen LogP contribution in [0, 0.1) is 12.7 Å². The molecule has 0 saturated heterocycles. The van der Waals surface area contributed by atoms with Gasteiger partial charge in [0.15, 0.2) is 0 Å². The Balaban J connectivity index is 1.92. The lowest BCUT2D eigenvalue weighted by Gasteiger charge is -2.20. The summed E-state index contributed by atoms with van der Waals surface area (Å²) in [5, 5.41) is 2.96. The lowest BCUT2D eigenvalue weighted by molar-refractivity contribution is 0.0932. The number of H-pyrrole nitrogens is 1. The summed E-state index contributed by atoms with van der Waals surface area (Å²) in [7, 11) is 0. The second kappa shape index (κ2) is 9.14. The zero-order valence-electron chi connectivity index (χ0n) is 16.2. The van der Waals surface area contributed by atoms with E-state index in [-0.39, 0.29) is 23.7 Å². The van der Waals surface area contributed by atoms with Gasteiger partial charge in [-0.2, -0.15) is 0 Å². The summed E-state index contributed by atoms with van der Waals surface area (Å²) in [6, 6.07) is 13.7. The fourth-order valence-electron chi connectivity index (χ4n) is 3.07. The topological polar surface area (TPSA) is 84.1 Å². The van der Waals surface area contributed by atoms with E-state index in [9.17, 15) is 14.0 Å². The number of carbonyl (C=O) groups excluding carboxylic acids is 1. The molecule has 3 rings (SSSR count). The average Bonchev–Trinajstić information content (AvgIpc) is 2.68. The Morgan fingerprint density at radius 1 is 1.21 bits per heavy atom. The van der Waals surface area contributed by atoms with E-state index in [1.54, 1.807) is 43.3 Å². The van der Waals surface area contributed by atoms with Crippen molar-refractivity contribution < 1.29 is 13.9 Å². The lowest BCUT2D eigenvalue weighted by Crippen LogP contribution is -2.31. The van der Waals surface area contributed by atoms with Gasteiger partial charge in [0.2, 0.25) is 0 Å². The van der Waals surface area contributed by atoms with Gasteiger partial charge < -0.3 is 15.0 Å². The van der Waals surface area contributed by atoms with Crippen molar-refractivity contribution >= 4 is 5.91 Å². The molecule has 0 saturated carbocycles. The van der Waals surface area contributed by atoms with Crippen LogP contribution in [-0.2, 0) is 6.42 Å². The quantitative estimate of drug-likeness (QED) is 0.643. The minimum absolute atomic E-state index is 0.265. The van der Waals surface area contributed by atoms with Crippen LogP contribution in [0.5, 0.6) is 5.75 Å². The van der Waals surface area contributed by atoms with Crippen LogP contribution in [0.25, 0.3) is 0 Å². The molecule has 0 fully saturated rings. The molecule has 0 spiro atoms. The number of hydrogen-bond acceptors (Lipinski definition) is 4. The van der Waals surface area contributed by atoms with Gasteiger partial charge in [-0.05, 0) is 43.7 Å². The summed E-state index contributed by atoms with van der Waals surface area (Å²) in [6.07, 6.45) is 0.277. The molecule has 2 aromatic carbocycles. The Morgan fingerprint density at radius 3 is 2.62 bits per heavy atom. The average molecular weight is 395 g/mol. The molecule has 1 amide bonds. The number of rotatable bonds is 7. The summed E-state index contributed by atoms with van der Waals surface area (Å²) in [4.78, 5) is 31.7. The maximum absolute atomic E-state index is 13.4. The molecule has 7 heteroatoms. The number of halogens is 1. The van der Waals surface area contributed by atoms with E-state index >= 15 is 0 Å². The summed E-state index contributed by atoms with van der Waals surface area (Å²) >= 11 is 0. The molecule has 0 unspecified atom stereocenters. The van der Waals surface area contributed by atoms with Crippen LogP contribution in [0.3, 0.4) is 0 Å². The number of carbonyl (C=O) groups is 1. The Kier molecular flexibility index (Phi) is 6.39. The highest BCUT2D eigenvalue weighted by Crippen LogP contribution is 2.22. The summed E-state index contributed by atoms with van der Waals surface area (Å²) in [6.45, 7) is 3.97. The molecular formula is C22H22FN3O3. The highest BCUT2D eigenvalue weighted by Gasteiger charge is 2.20. The van der Waals surface area contributed by atoms with E-state index in [4.69, 9.17) is 4.74 Å². The predicted molar refractivity (Wildman–Crippen MR) is 108 cm³/mol. The molecule has 150 valence electrons. The highest BCUT2D eigenvalue weighted by atomic mass is 19.1. The van der Waals surface area contributed by atoms with Crippen molar-refractivity contribution in [1.29, 1.82) is 0 Å². The highest BCUT2D eigenvalue weighted by molar-refractivity contribution is 5.97. The van der Waals surface area contributed by atoms with E-state index in [0.29, 0.717) is 35.0 Å². The minimum Gasteiger partial charge on any atom is -0.493 e. The van der Waals surface area contributed by atoms with Gasteiger partial charge in [-0.1, -0.05) is 24.3 Å². The Labute approximate surface area is 167 Å². The third kappa shape index (κ3) is 5.28. The predicted octanol–water partition coefficient (Wildman–Crippen LogP) is 3.33. The van der Waals surface area contributed by atoms with E-state index in [0.717, 1.165) is 0 Å². The van der Waals surface area contributed by atoms with Gasteiger partial charge in [0, 0.05) is 12.5 Å². The number of aromatic amines is 1. The number of benzene rings is 2. The van der Waals surface area contributed by atoms with Crippen molar-refractivity contribution in [2.45, 2.75) is 26.3 Å². The number of nitrogens with zero attached hydrogens (tertiary/aromatic N) is 1. The Hall–Kier alpha value is -3.48. The molecule has 1 aromatic heterocycles. The van der Waals surface area contributed by atoms with Crippen molar-refractivity contribution in [3.05, 3.63) is 93.4 Å². The van der Waals surface area contributed by atoms with Crippen LogP contribution in [0.1, 0.15) is 40.4 Å². The number of hydrogen-bond donors (Lipinski definition) is 2. The first kappa shape index (κ1) is 20.3. The van der Waals surface area contributed by atoms with Crippen LogP contribution in [0.4, 0.5) is 4.39 Å². The fourth-order valence-corrected chi connectivity index (χ4v) is 3.07. The van der Waals surface area contributed by atoms with Gasteiger partial charge in [-0.25, -0.2) is 9.37 Å². The van der Waals surface area contributed by atoms with Crippen molar-refractivity contribution in [3.63, 3.8) is 0 Å². The van der Waals surface area contributed by atoms with E-state index in [1.807, 2.05) is 6.92 Å². The first-order valence-corrected chi connectivity index (χ1v) is 9.31. The van der Waals surface area contributed by atoms with Gasteiger partial charge in [0.1, 0.15) is 17.4 Å². The third-order valence-corrected chi connectivity index (χ3v) is 4.34. The zero-order valence-corrected chi connectivity index (χ0v) is 16.2. The minimum atomic E-state index is -0.508. The van der Waals surface area contributed by atoms with Crippen molar-refractivity contribution in [1.82, 2.24) is 15.3 Å². The molecule has 0 bridgehead atoms. The summed E-state index contributed by atoms with van der Waals surface area (Å²) in [5.74, 6) is 0.268. The van der Waals surface area contributed by atoms with E-state index < -0.39 is 6.04 Å². The molecule has 0 aliphatic rings. The van der Waals surface area contributed by atoms with Crippen molar-refractivity contribution in [3.8, 4) is 5.75 Å². The standard InChI is InChI=1S/C22H22FN3O3/c1-3-29-20-7-5-4-6-18(20)22(28)26-19(15-8-10-16(23)11-9-15)12-17-13-21(27)25-14(2)24-17/h4-11,13,19H,3,12H2,1-2H3,(H,26,28)(H,24,25,27)/t19-/m0/s1. The molecule has 29 heavy (non-hydrogen) atoms. The number of aryl methyl sites for hydroxylation is 1. The van der Waals surface area contributed by atoms with Crippen LogP contribution in [0.15, 0.2) is 59.4 Å². The van der Waals surface area contributed by atoms with Gasteiger partial charge in [-0.15, -0.1) is 0 Å². The van der Waals surface area contributed by atoms with Gasteiger partial charge in [0.25, 0.3) is 11.5 Å². The second-order valence-electron chi connectivity index (χ2n) is 6.53. The van der Waals surface area contributed by atoms with Crippen LogP contribution in [0.2, 0.25) is 0 Å². The molecule has 0 radical (unpaired) electrons. The molecule has 0 aliphatic heterocycles. The zero-order chi connectivity index (χ0) is 20.8. The lowest BCUT2D eigenvalue weighted by atomic mass is 10.0.